The Morgan fingerprint density at radius 2 is 2.00 bits per heavy atom. The SMILES string of the molecule is CCCCCN(C(C)C)C(CN)c1cccc(Cl)c1F. The number of halogens is 2. The van der Waals surface area contributed by atoms with Crippen molar-refractivity contribution >= 4 is 11.6 Å². The Balaban J connectivity index is 2.97. The van der Waals surface area contributed by atoms with E-state index in [1.165, 1.54) is 12.8 Å². The molecule has 1 unspecified atom stereocenters. The second-order valence-electron chi connectivity index (χ2n) is 5.43. The monoisotopic (exact) mass is 300 g/mol. The number of benzene rings is 1. The maximum absolute atomic E-state index is 14.2. The number of rotatable bonds is 8. The van der Waals surface area contributed by atoms with E-state index in [9.17, 15) is 4.39 Å². The molecule has 4 heteroatoms. The highest BCUT2D eigenvalue weighted by Gasteiger charge is 2.24. The van der Waals surface area contributed by atoms with Gasteiger partial charge in [0.2, 0.25) is 0 Å². The van der Waals surface area contributed by atoms with Crippen LogP contribution in [0.5, 0.6) is 0 Å². The number of hydrogen-bond acceptors (Lipinski definition) is 2. The van der Waals surface area contributed by atoms with Gasteiger partial charge in [0.25, 0.3) is 0 Å². The van der Waals surface area contributed by atoms with E-state index in [1.807, 2.05) is 0 Å². The topological polar surface area (TPSA) is 29.3 Å². The molecule has 0 fully saturated rings. The van der Waals surface area contributed by atoms with Crippen LogP contribution in [0.25, 0.3) is 0 Å². The summed E-state index contributed by atoms with van der Waals surface area (Å²) in [7, 11) is 0. The molecule has 1 aromatic rings. The first kappa shape index (κ1) is 17.4. The largest absolute Gasteiger partial charge is 0.329 e. The van der Waals surface area contributed by atoms with Gasteiger partial charge < -0.3 is 5.73 Å². The van der Waals surface area contributed by atoms with Crippen molar-refractivity contribution in [3.05, 3.63) is 34.6 Å². The smallest absolute Gasteiger partial charge is 0.146 e. The van der Waals surface area contributed by atoms with Crippen LogP contribution in [0.1, 0.15) is 51.6 Å². The predicted octanol–water partition coefficient (Wildman–Crippen LogP) is 4.38. The molecular formula is C16H26ClFN2. The summed E-state index contributed by atoms with van der Waals surface area (Å²) in [6.07, 6.45) is 3.46. The van der Waals surface area contributed by atoms with E-state index in [4.69, 9.17) is 17.3 Å². The minimum atomic E-state index is -0.342. The lowest BCUT2D eigenvalue weighted by Crippen LogP contribution is -2.39. The van der Waals surface area contributed by atoms with E-state index in [0.29, 0.717) is 18.2 Å². The molecule has 0 spiro atoms. The maximum Gasteiger partial charge on any atom is 0.146 e. The van der Waals surface area contributed by atoms with Gasteiger partial charge in [0.15, 0.2) is 0 Å². The summed E-state index contributed by atoms with van der Waals surface area (Å²) in [5, 5.41) is 0.165. The third kappa shape index (κ3) is 4.44. The highest BCUT2D eigenvalue weighted by atomic mass is 35.5. The predicted molar refractivity (Wildman–Crippen MR) is 84.6 cm³/mol. The van der Waals surface area contributed by atoms with E-state index in [2.05, 4.69) is 25.7 Å². The van der Waals surface area contributed by atoms with Crippen molar-refractivity contribution in [2.45, 2.75) is 52.1 Å². The van der Waals surface area contributed by atoms with Crippen molar-refractivity contribution in [3.8, 4) is 0 Å². The number of unbranched alkanes of at least 4 members (excludes halogenated alkanes) is 2. The van der Waals surface area contributed by atoms with Gasteiger partial charge in [0.1, 0.15) is 5.82 Å². The average molecular weight is 301 g/mol. The molecule has 0 bridgehead atoms. The fourth-order valence-corrected chi connectivity index (χ4v) is 2.72. The molecule has 0 aliphatic rings. The highest BCUT2D eigenvalue weighted by molar-refractivity contribution is 6.30. The van der Waals surface area contributed by atoms with Gasteiger partial charge in [-0.2, -0.15) is 0 Å². The maximum atomic E-state index is 14.2. The zero-order chi connectivity index (χ0) is 15.1. The summed E-state index contributed by atoms with van der Waals surface area (Å²) < 4.78 is 14.2. The second kappa shape index (κ2) is 8.60. The molecule has 2 nitrogen and oxygen atoms in total. The molecule has 0 aromatic heterocycles. The van der Waals surface area contributed by atoms with Crippen molar-refractivity contribution in [3.63, 3.8) is 0 Å². The second-order valence-corrected chi connectivity index (χ2v) is 5.84. The van der Waals surface area contributed by atoms with Gasteiger partial charge >= 0.3 is 0 Å². The van der Waals surface area contributed by atoms with E-state index in [0.717, 1.165) is 13.0 Å². The van der Waals surface area contributed by atoms with E-state index < -0.39 is 0 Å². The van der Waals surface area contributed by atoms with Gasteiger partial charge in [-0.15, -0.1) is 0 Å². The Morgan fingerprint density at radius 1 is 1.30 bits per heavy atom. The van der Waals surface area contributed by atoms with E-state index in [1.54, 1.807) is 18.2 Å². The van der Waals surface area contributed by atoms with Crippen LogP contribution in [0.15, 0.2) is 18.2 Å². The van der Waals surface area contributed by atoms with Crippen LogP contribution in [0.2, 0.25) is 5.02 Å². The first-order chi connectivity index (χ1) is 9.52. The Kier molecular flexibility index (Phi) is 7.49. The molecule has 20 heavy (non-hydrogen) atoms. The van der Waals surface area contributed by atoms with Crippen LogP contribution in [0, 0.1) is 5.82 Å². The lowest BCUT2D eigenvalue weighted by molar-refractivity contribution is 0.151. The Bertz CT molecular complexity index is 409. The van der Waals surface area contributed by atoms with Crippen molar-refractivity contribution in [1.29, 1.82) is 0 Å². The summed E-state index contributed by atoms with van der Waals surface area (Å²) in [6.45, 7) is 7.74. The molecule has 0 aliphatic carbocycles. The van der Waals surface area contributed by atoms with Gasteiger partial charge in [-0.05, 0) is 32.9 Å². The summed E-state index contributed by atoms with van der Waals surface area (Å²) in [5.74, 6) is -0.342. The fraction of sp³-hybridized carbons (Fsp3) is 0.625. The summed E-state index contributed by atoms with van der Waals surface area (Å²) in [4.78, 5) is 2.27. The molecule has 0 amide bonds. The number of nitrogens with two attached hydrogens (primary N) is 1. The van der Waals surface area contributed by atoms with Crippen LogP contribution in [-0.4, -0.2) is 24.0 Å². The molecule has 0 heterocycles. The summed E-state index contributed by atoms with van der Waals surface area (Å²) >= 11 is 5.89. The molecule has 1 aromatic carbocycles. The fourth-order valence-electron chi connectivity index (χ4n) is 2.54. The Labute approximate surface area is 127 Å². The zero-order valence-electron chi connectivity index (χ0n) is 12.7. The lowest BCUT2D eigenvalue weighted by Gasteiger charge is -2.35. The van der Waals surface area contributed by atoms with Crippen molar-refractivity contribution < 1.29 is 4.39 Å². The van der Waals surface area contributed by atoms with Crippen molar-refractivity contribution in [2.75, 3.05) is 13.1 Å². The zero-order valence-corrected chi connectivity index (χ0v) is 13.5. The van der Waals surface area contributed by atoms with Crippen LogP contribution in [-0.2, 0) is 0 Å². The van der Waals surface area contributed by atoms with Gasteiger partial charge in [-0.3, -0.25) is 4.90 Å². The normalized spacial score (nSPS) is 13.2. The third-order valence-electron chi connectivity index (χ3n) is 3.65. The third-order valence-corrected chi connectivity index (χ3v) is 3.94. The van der Waals surface area contributed by atoms with E-state index >= 15 is 0 Å². The minimum absolute atomic E-state index is 0.120. The summed E-state index contributed by atoms with van der Waals surface area (Å²) in [5.41, 5.74) is 6.52. The first-order valence-corrected chi connectivity index (χ1v) is 7.80. The lowest BCUT2D eigenvalue weighted by atomic mass is 10.0. The van der Waals surface area contributed by atoms with Crippen LogP contribution in [0.4, 0.5) is 4.39 Å². The van der Waals surface area contributed by atoms with Crippen molar-refractivity contribution in [2.24, 2.45) is 5.73 Å². The molecule has 0 saturated heterocycles. The van der Waals surface area contributed by atoms with Gasteiger partial charge in [-0.1, -0.05) is 43.5 Å². The quantitative estimate of drug-likeness (QED) is 0.722. The Hall–Kier alpha value is -0.640. The molecule has 0 radical (unpaired) electrons. The minimum Gasteiger partial charge on any atom is -0.329 e. The van der Waals surface area contributed by atoms with Crippen LogP contribution in [0.3, 0.4) is 0 Å². The molecule has 2 N–H and O–H groups in total. The average Bonchev–Trinajstić information content (AvgIpc) is 2.42. The first-order valence-electron chi connectivity index (χ1n) is 7.42. The summed E-state index contributed by atoms with van der Waals surface area (Å²) in [6, 6.07) is 5.34. The van der Waals surface area contributed by atoms with Crippen LogP contribution < -0.4 is 5.73 Å². The molecule has 1 rings (SSSR count). The Morgan fingerprint density at radius 3 is 2.55 bits per heavy atom. The number of nitrogens with zero attached hydrogens (tertiary/aromatic N) is 1. The molecule has 0 saturated carbocycles. The highest BCUT2D eigenvalue weighted by Crippen LogP contribution is 2.28. The van der Waals surface area contributed by atoms with Gasteiger partial charge in [-0.25, -0.2) is 4.39 Å². The number of hydrogen-bond donors (Lipinski definition) is 1. The van der Waals surface area contributed by atoms with E-state index in [-0.39, 0.29) is 16.9 Å². The molecule has 0 aliphatic heterocycles. The molecular weight excluding hydrogens is 275 g/mol. The molecule has 1 atom stereocenters. The van der Waals surface area contributed by atoms with Crippen molar-refractivity contribution in [1.82, 2.24) is 4.90 Å². The standard InChI is InChI=1S/C16H26ClFN2/c1-4-5-6-10-20(12(2)3)15(11-19)13-8-7-9-14(17)16(13)18/h7-9,12,15H,4-6,10-11,19H2,1-3H3. The van der Waals surface area contributed by atoms with Gasteiger partial charge in [0.05, 0.1) is 11.1 Å². The molecule has 114 valence electrons. The van der Waals surface area contributed by atoms with Crippen LogP contribution >= 0.6 is 11.6 Å². The van der Waals surface area contributed by atoms with Gasteiger partial charge in [0, 0.05) is 18.2 Å².